The number of benzene rings is 1. The van der Waals surface area contributed by atoms with E-state index in [0.717, 1.165) is 57.2 Å². The maximum atomic E-state index is 13.1. The molecule has 144 valence electrons. The Morgan fingerprint density at radius 3 is 2.62 bits per heavy atom. The van der Waals surface area contributed by atoms with Crippen molar-refractivity contribution in [2.75, 3.05) is 18.0 Å². The standard InChI is InChI=1S/C21H32N2O3/c1-4-23(5-2)17-10-11-18-16(15-17)12-14-21(3,20(18)25)13-8-6-7-9-19(24)22-26/h10-11,15,26H,4-9,12-14H2,1-3H3,(H,22,24). The number of hydroxylamine groups is 1. The van der Waals surface area contributed by atoms with Gasteiger partial charge in [-0.3, -0.25) is 14.8 Å². The van der Waals surface area contributed by atoms with Gasteiger partial charge < -0.3 is 4.90 Å². The number of nitrogens with one attached hydrogen (secondary N) is 1. The lowest BCUT2D eigenvalue weighted by atomic mass is 9.69. The summed E-state index contributed by atoms with van der Waals surface area (Å²) in [5, 5.41) is 8.50. The van der Waals surface area contributed by atoms with Gasteiger partial charge in [0.15, 0.2) is 5.78 Å². The number of aryl methyl sites for hydroxylation is 1. The Morgan fingerprint density at radius 1 is 1.23 bits per heavy atom. The lowest BCUT2D eigenvalue weighted by Gasteiger charge is -2.34. The molecule has 1 aromatic carbocycles. The first-order valence-corrected chi connectivity index (χ1v) is 9.80. The molecule has 1 amide bonds. The first kappa shape index (κ1) is 20.4. The highest BCUT2D eigenvalue weighted by atomic mass is 16.5. The molecule has 1 unspecified atom stereocenters. The average Bonchev–Trinajstić information content (AvgIpc) is 2.65. The lowest BCUT2D eigenvalue weighted by molar-refractivity contribution is -0.129. The smallest absolute Gasteiger partial charge is 0.243 e. The molecule has 1 aromatic rings. The predicted molar refractivity (Wildman–Crippen MR) is 104 cm³/mol. The lowest BCUT2D eigenvalue weighted by Crippen LogP contribution is -2.33. The quantitative estimate of drug-likeness (QED) is 0.395. The largest absolute Gasteiger partial charge is 0.372 e. The summed E-state index contributed by atoms with van der Waals surface area (Å²) in [6, 6.07) is 6.27. The zero-order valence-corrected chi connectivity index (χ0v) is 16.3. The van der Waals surface area contributed by atoms with E-state index >= 15 is 0 Å². The minimum atomic E-state index is -0.345. The highest BCUT2D eigenvalue weighted by Crippen LogP contribution is 2.40. The van der Waals surface area contributed by atoms with Crippen molar-refractivity contribution < 1.29 is 14.8 Å². The van der Waals surface area contributed by atoms with Crippen molar-refractivity contribution in [3.8, 4) is 0 Å². The number of rotatable bonds is 9. The van der Waals surface area contributed by atoms with E-state index in [2.05, 4.69) is 37.8 Å². The topological polar surface area (TPSA) is 69.6 Å². The van der Waals surface area contributed by atoms with Crippen LogP contribution in [0.25, 0.3) is 0 Å². The highest BCUT2D eigenvalue weighted by molar-refractivity contribution is 6.02. The number of Topliss-reactive ketones (excluding diaryl/α,β-unsaturated/α-hetero) is 1. The van der Waals surface area contributed by atoms with Crippen LogP contribution in [0.5, 0.6) is 0 Å². The summed E-state index contributed by atoms with van der Waals surface area (Å²) < 4.78 is 0. The number of carbonyl (C=O) groups is 2. The summed E-state index contributed by atoms with van der Waals surface area (Å²) in [5.74, 6) is -0.0826. The summed E-state index contributed by atoms with van der Waals surface area (Å²) in [7, 11) is 0. The summed E-state index contributed by atoms with van der Waals surface area (Å²) in [4.78, 5) is 26.4. The molecular formula is C21H32N2O3. The van der Waals surface area contributed by atoms with Crippen molar-refractivity contribution in [1.29, 1.82) is 0 Å². The second-order valence-electron chi connectivity index (χ2n) is 7.50. The number of fused-ring (bicyclic) bond motifs is 1. The maximum Gasteiger partial charge on any atom is 0.243 e. The van der Waals surface area contributed by atoms with Gasteiger partial charge in [0.1, 0.15) is 0 Å². The zero-order chi connectivity index (χ0) is 19.2. The summed E-state index contributed by atoms with van der Waals surface area (Å²) in [5.41, 5.74) is 4.61. The van der Waals surface area contributed by atoms with Crippen molar-refractivity contribution in [3.63, 3.8) is 0 Å². The van der Waals surface area contributed by atoms with Gasteiger partial charge in [-0.1, -0.05) is 19.8 Å². The van der Waals surface area contributed by atoms with Crippen LogP contribution in [0.2, 0.25) is 0 Å². The minimum Gasteiger partial charge on any atom is -0.372 e. The number of hydrogen-bond donors (Lipinski definition) is 2. The molecule has 0 saturated carbocycles. The Balaban J connectivity index is 1.98. The Kier molecular flexibility index (Phi) is 7.21. The van der Waals surface area contributed by atoms with Crippen LogP contribution < -0.4 is 10.4 Å². The Hall–Kier alpha value is -1.88. The van der Waals surface area contributed by atoms with E-state index in [-0.39, 0.29) is 17.1 Å². The molecule has 2 N–H and O–H groups in total. The van der Waals surface area contributed by atoms with Crippen molar-refractivity contribution in [3.05, 3.63) is 29.3 Å². The summed E-state index contributed by atoms with van der Waals surface area (Å²) in [6.45, 7) is 8.31. The second kappa shape index (κ2) is 9.17. The first-order chi connectivity index (χ1) is 12.4. The summed E-state index contributed by atoms with van der Waals surface area (Å²) in [6.07, 6.45) is 5.57. The fourth-order valence-electron chi connectivity index (χ4n) is 3.92. The average molecular weight is 360 g/mol. The third kappa shape index (κ3) is 4.64. The fourth-order valence-corrected chi connectivity index (χ4v) is 3.92. The molecule has 26 heavy (non-hydrogen) atoms. The van der Waals surface area contributed by atoms with Crippen molar-refractivity contribution >= 4 is 17.4 Å². The molecule has 0 saturated heterocycles. The van der Waals surface area contributed by atoms with Crippen LogP contribution in [0.15, 0.2) is 18.2 Å². The van der Waals surface area contributed by atoms with E-state index in [9.17, 15) is 9.59 Å². The monoisotopic (exact) mass is 360 g/mol. The van der Waals surface area contributed by atoms with Gasteiger partial charge in [0.2, 0.25) is 5.91 Å². The molecule has 5 heteroatoms. The number of hydrogen-bond acceptors (Lipinski definition) is 4. The van der Waals surface area contributed by atoms with Crippen LogP contribution in [0.4, 0.5) is 5.69 Å². The van der Waals surface area contributed by atoms with E-state index in [0.29, 0.717) is 6.42 Å². The van der Waals surface area contributed by atoms with Crippen molar-refractivity contribution in [2.45, 2.75) is 65.7 Å². The Morgan fingerprint density at radius 2 is 1.96 bits per heavy atom. The number of unbranched alkanes of at least 4 members (excludes halogenated alkanes) is 2. The third-order valence-electron chi connectivity index (χ3n) is 5.71. The van der Waals surface area contributed by atoms with Gasteiger partial charge in [-0.15, -0.1) is 0 Å². The van der Waals surface area contributed by atoms with Gasteiger partial charge in [0, 0.05) is 36.2 Å². The van der Waals surface area contributed by atoms with Crippen LogP contribution in [-0.4, -0.2) is 30.0 Å². The first-order valence-electron chi connectivity index (χ1n) is 9.80. The van der Waals surface area contributed by atoms with Gasteiger partial charge in [-0.05, 0) is 63.3 Å². The van der Waals surface area contributed by atoms with Crippen molar-refractivity contribution in [2.24, 2.45) is 5.41 Å². The van der Waals surface area contributed by atoms with Crippen LogP contribution in [0.3, 0.4) is 0 Å². The molecule has 0 spiro atoms. The van der Waals surface area contributed by atoms with Gasteiger partial charge in [-0.25, -0.2) is 5.48 Å². The molecule has 2 rings (SSSR count). The molecule has 0 aliphatic heterocycles. The molecule has 1 aliphatic carbocycles. The molecule has 1 aliphatic rings. The number of nitrogens with zero attached hydrogens (tertiary/aromatic N) is 1. The SMILES string of the molecule is CCN(CC)c1ccc2c(c1)CCC(C)(CCCCCC(=O)NO)C2=O. The van der Waals surface area contributed by atoms with Gasteiger partial charge in [-0.2, -0.15) is 0 Å². The molecule has 0 heterocycles. The molecule has 5 nitrogen and oxygen atoms in total. The van der Waals surface area contributed by atoms with Gasteiger partial charge in [0.25, 0.3) is 0 Å². The van der Waals surface area contributed by atoms with Crippen LogP contribution >= 0.6 is 0 Å². The van der Waals surface area contributed by atoms with E-state index in [4.69, 9.17) is 5.21 Å². The molecular weight excluding hydrogens is 328 g/mol. The number of ketones is 1. The number of anilines is 1. The van der Waals surface area contributed by atoms with E-state index < -0.39 is 0 Å². The second-order valence-corrected chi connectivity index (χ2v) is 7.50. The Labute approximate surface area is 156 Å². The molecule has 0 aromatic heterocycles. The minimum absolute atomic E-state index is 0.262. The van der Waals surface area contributed by atoms with Crippen LogP contribution in [-0.2, 0) is 11.2 Å². The van der Waals surface area contributed by atoms with Crippen LogP contribution in [0, 0.1) is 5.41 Å². The van der Waals surface area contributed by atoms with Gasteiger partial charge >= 0.3 is 0 Å². The number of amides is 1. The van der Waals surface area contributed by atoms with E-state index in [1.165, 1.54) is 11.3 Å². The normalized spacial score (nSPS) is 19.2. The van der Waals surface area contributed by atoms with E-state index in [1.54, 1.807) is 5.48 Å². The van der Waals surface area contributed by atoms with Crippen LogP contribution in [0.1, 0.15) is 75.2 Å². The molecule has 0 radical (unpaired) electrons. The maximum absolute atomic E-state index is 13.1. The predicted octanol–water partition coefficient (Wildman–Crippen LogP) is 4.12. The molecule has 0 bridgehead atoms. The zero-order valence-electron chi connectivity index (χ0n) is 16.3. The highest BCUT2D eigenvalue weighted by Gasteiger charge is 2.37. The van der Waals surface area contributed by atoms with Gasteiger partial charge in [0.05, 0.1) is 0 Å². The Bertz CT molecular complexity index is 640. The summed E-state index contributed by atoms with van der Waals surface area (Å²) >= 11 is 0. The molecule has 1 atom stereocenters. The number of carbonyl (C=O) groups excluding carboxylic acids is 2. The third-order valence-corrected chi connectivity index (χ3v) is 5.71. The molecule has 0 fully saturated rings. The van der Waals surface area contributed by atoms with Crippen molar-refractivity contribution in [1.82, 2.24) is 5.48 Å². The van der Waals surface area contributed by atoms with E-state index in [1.807, 2.05) is 6.07 Å². The fraction of sp³-hybridized carbons (Fsp3) is 0.619.